The van der Waals surface area contributed by atoms with E-state index < -0.39 is 35.7 Å². The minimum atomic E-state index is -1.07. The van der Waals surface area contributed by atoms with Crippen LogP contribution in [0.5, 0.6) is 0 Å². The van der Waals surface area contributed by atoms with Crippen molar-refractivity contribution in [3.8, 4) is 0 Å². The van der Waals surface area contributed by atoms with E-state index in [0.29, 0.717) is 12.8 Å². The van der Waals surface area contributed by atoms with Crippen molar-refractivity contribution >= 4 is 12.1 Å². The second kappa shape index (κ2) is 4.67. The summed E-state index contributed by atoms with van der Waals surface area (Å²) in [5, 5.41) is 19.2. The van der Waals surface area contributed by atoms with Crippen LogP contribution in [0.3, 0.4) is 0 Å². The number of aliphatic hydroxyl groups is 1. The van der Waals surface area contributed by atoms with Gasteiger partial charge in [-0.3, -0.25) is 4.90 Å². The van der Waals surface area contributed by atoms with Crippen LogP contribution in [0.1, 0.15) is 40.0 Å². The van der Waals surface area contributed by atoms with E-state index in [1.807, 2.05) is 0 Å². The molecule has 0 aromatic rings. The minimum Gasteiger partial charge on any atom is -0.480 e. The average Bonchev–Trinajstić information content (AvgIpc) is 2.25. The second-order valence-electron chi connectivity index (χ2n) is 6.37. The molecule has 2 bridgehead atoms. The van der Waals surface area contributed by atoms with E-state index in [1.165, 1.54) is 4.90 Å². The molecule has 0 unspecified atom stereocenters. The smallest absolute Gasteiger partial charge is 0.411 e. The van der Waals surface area contributed by atoms with Crippen molar-refractivity contribution in [2.45, 2.75) is 63.8 Å². The molecule has 1 aliphatic carbocycles. The van der Waals surface area contributed by atoms with Crippen molar-refractivity contribution in [2.75, 3.05) is 0 Å². The highest BCUT2D eigenvalue weighted by Gasteiger charge is 2.52. The number of rotatable bonds is 1. The highest BCUT2D eigenvalue weighted by atomic mass is 16.6. The van der Waals surface area contributed by atoms with Gasteiger partial charge in [0, 0.05) is 12.0 Å². The molecule has 2 saturated heterocycles. The number of ether oxygens (including phenoxy) is 1. The van der Waals surface area contributed by atoms with Crippen LogP contribution in [0.15, 0.2) is 0 Å². The van der Waals surface area contributed by atoms with Gasteiger partial charge in [-0.2, -0.15) is 0 Å². The minimum absolute atomic E-state index is 0.240. The molecule has 6 nitrogen and oxygen atoms in total. The molecule has 108 valence electrons. The van der Waals surface area contributed by atoms with Crippen molar-refractivity contribution in [3.63, 3.8) is 0 Å². The van der Waals surface area contributed by atoms with Crippen LogP contribution in [-0.2, 0) is 9.53 Å². The van der Waals surface area contributed by atoms with E-state index in [1.54, 1.807) is 20.8 Å². The van der Waals surface area contributed by atoms with Crippen LogP contribution in [0.2, 0.25) is 0 Å². The fourth-order valence-corrected chi connectivity index (χ4v) is 3.08. The third-order valence-corrected chi connectivity index (χ3v) is 3.80. The number of hydrogen-bond donors (Lipinski definition) is 2. The lowest BCUT2D eigenvalue weighted by molar-refractivity contribution is -0.159. The second-order valence-corrected chi connectivity index (χ2v) is 6.37. The van der Waals surface area contributed by atoms with Gasteiger partial charge in [0.15, 0.2) is 0 Å². The molecule has 1 saturated carbocycles. The zero-order valence-electron chi connectivity index (χ0n) is 11.5. The summed E-state index contributed by atoms with van der Waals surface area (Å²) < 4.78 is 5.29. The molecule has 1 amide bonds. The summed E-state index contributed by atoms with van der Waals surface area (Å²) >= 11 is 0. The third-order valence-electron chi connectivity index (χ3n) is 3.80. The highest BCUT2D eigenvalue weighted by molar-refractivity contribution is 5.81. The Morgan fingerprint density at radius 1 is 1.26 bits per heavy atom. The molecule has 2 aliphatic heterocycles. The number of carbonyl (C=O) groups excluding carboxylic acids is 1. The first-order valence-corrected chi connectivity index (χ1v) is 6.63. The summed E-state index contributed by atoms with van der Waals surface area (Å²) in [5.41, 5.74) is -0.657. The van der Waals surface area contributed by atoms with Crippen LogP contribution in [0, 0.1) is 5.92 Å². The molecule has 3 fully saturated rings. The van der Waals surface area contributed by atoms with Gasteiger partial charge in [0.25, 0.3) is 0 Å². The lowest BCUT2D eigenvalue weighted by atomic mass is 9.73. The Morgan fingerprint density at radius 2 is 1.89 bits per heavy atom. The summed E-state index contributed by atoms with van der Waals surface area (Å²) in [6.45, 7) is 5.24. The largest absolute Gasteiger partial charge is 0.480 e. The van der Waals surface area contributed by atoms with Gasteiger partial charge in [0.1, 0.15) is 11.6 Å². The van der Waals surface area contributed by atoms with Crippen LogP contribution in [-0.4, -0.2) is 51.0 Å². The number of nitrogens with zero attached hydrogens (tertiary/aromatic N) is 1. The normalized spacial score (nSPS) is 34.2. The van der Waals surface area contributed by atoms with Crippen LogP contribution in [0.25, 0.3) is 0 Å². The first kappa shape index (κ1) is 14.1. The van der Waals surface area contributed by atoms with Gasteiger partial charge < -0.3 is 14.9 Å². The topological polar surface area (TPSA) is 87.1 Å². The zero-order valence-corrected chi connectivity index (χ0v) is 11.5. The molecule has 0 radical (unpaired) electrons. The number of carbonyl (C=O) groups is 2. The molecular weight excluding hydrogens is 250 g/mol. The molecule has 6 heteroatoms. The fourth-order valence-electron chi connectivity index (χ4n) is 3.08. The Kier molecular flexibility index (Phi) is 3.47. The monoisotopic (exact) mass is 271 g/mol. The molecule has 2 N–H and O–H groups in total. The van der Waals surface area contributed by atoms with Gasteiger partial charge in [-0.25, -0.2) is 9.59 Å². The van der Waals surface area contributed by atoms with E-state index in [0.717, 1.165) is 6.42 Å². The van der Waals surface area contributed by atoms with E-state index in [-0.39, 0.29) is 6.04 Å². The number of piperidine rings is 2. The maximum atomic E-state index is 12.2. The van der Waals surface area contributed by atoms with E-state index in [4.69, 9.17) is 4.74 Å². The number of carboxylic acid groups (broad SMARTS) is 1. The van der Waals surface area contributed by atoms with E-state index in [2.05, 4.69) is 0 Å². The molecular formula is C13H21NO5. The van der Waals surface area contributed by atoms with Gasteiger partial charge in [-0.1, -0.05) is 0 Å². The Hall–Kier alpha value is -1.30. The SMILES string of the molecule is CC(C)(C)OC(=O)N1[C@H]2CC[C@H]([C@H](O)C2)[C@H]1C(=O)O. The summed E-state index contributed by atoms with van der Waals surface area (Å²) in [4.78, 5) is 24.9. The van der Waals surface area contributed by atoms with Crippen molar-refractivity contribution in [1.29, 1.82) is 0 Å². The van der Waals surface area contributed by atoms with Gasteiger partial charge >= 0.3 is 12.1 Å². The molecule has 4 atom stereocenters. The number of amides is 1. The first-order chi connectivity index (χ1) is 8.70. The van der Waals surface area contributed by atoms with Gasteiger partial charge in [0.2, 0.25) is 0 Å². The fraction of sp³-hybridized carbons (Fsp3) is 0.846. The number of hydrogen-bond acceptors (Lipinski definition) is 4. The molecule has 19 heavy (non-hydrogen) atoms. The van der Waals surface area contributed by atoms with Gasteiger partial charge in [-0.15, -0.1) is 0 Å². The summed E-state index contributed by atoms with van der Waals surface area (Å²) in [5.74, 6) is -1.46. The number of aliphatic hydroxyl groups excluding tert-OH is 1. The quantitative estimate of drug-likeness (QED) is 0.748. The van der Waals surface area contributed by atoms with Crippen LogP contribution >= 0.6 is 0 Å². The standard InChI is InChI=1S/C13H21NO5/c1-13(2,3)19-12(18)14-7-4-5-8(9(15)6-7)10(14)11(16)17/h7-10,15H,4-6H2,1-3H3,(H,16,17)/t7-,8+,9+,10-/m0/s1. The molecule has 2 heterocycles. The molecule has 3 aliphatic rings. The summed E-state index contributed by atoms with van der Waals surface area (Å²) in [7, 11) is 0. The Balaban J connectivity index is 2.22. The van der Waals surface area contributed by atoms with Crippen molar-refractivity contribution < 1.29 is 24.5 Å². The van der Waals surface area contributed by atoms with E-state index in [9.17, 15) is 19.8 Å². The van der Waals surface area contributed by atoms with Crippen LogP contribution < -0.4 is 0 Å². The van der Waals surface area contributed by atoms with Crippen LogP contribution in [0.4, 0.5) is 4.79 Å². The molecule has 0 spiro atoms. The lowest BCUT2D eigenvalue weighted by Crippen LogP contribution is -2.65. The number of fused-ring (bicyclic) bond motifs is 3. The number of aliphatic carboxylic acids is 1. The molecule has 3 rings (SSSR count). The Bertz CT molecular complexity index is 389. The zero-order chi connectivity index (χ0) is 14.4. The lowest BCUT2D eigenvalue weighted by Gasteiger charge is -2.51. The highest BCUT2D eigenvalue weighted by Crippen LogP contribution is 2.40. The van der Waals surface area contributed by atoms with Gasteiger partial charge in [-0.05, 0) is 40.0 Å². The van der Waals surface area contributed by atoms with E-state index >= 15 is 0 Å². The van der Waals surface area contributed by atoms with Crippen molar-refractivity contribution in [3.05, 3.63) is 0 Å². The summed E-state index contributed by atoms with van der Waals surface area (Å²) in [6.07, 6.45) is 0.570. The maximum absolute atomic E-state index is 12.2. The first-order valence-electron chi connectivity index (χ1n) is 6.63. The van der Waals surface area contributed by atoms with Crippen molar-refractivity contribution in [2.24, 2.45) is 5.92 Å². The Morgan fingerprint density at radius 3 is 2.37 bits per heavy atom. The van der Waals surface area contributed by atoms with Crippen molar-refractivity contribution in [1.82, 2.24) is 4.90 Å². The number of carboxylic acids is 1. The predicted molar refractivity (Wildman–Crippen MR) is 66.6 cm³/mol. The predicted octanol–water partition coefficient (Wildman–Crippen LogP) is 1.22. The maximum Gasteiger partial charge on any atom is 0.411 e. The van der Waals surface area contributed by atoms with Gasteiger partial charge in [0.05, 0.1) is 6.10 Å². The third kappa shape index (κ3) is 2.68. The Labute approximate surface area is 112 Å². The molecule has 0 aromatic carbocycles. The average molecular weight is 271 g/mol. The summed E-state index contributed by atoms with van der Waals surface area (Å²) in [6, 6.07) is -1.21. The molecule has 0 aromatic heterocycles.